The van der Waals surface area contributed by atoms with Gasteiger partial charge in [0.15, 0.2) is 5.92 Å². The summed E-state index contributed by atoms with van der Waals surface area (Å²) < 4.78 is 5.14. The van der Waals surface area contributed by atoms with Crippen LogP contribution in [0.5, 0.6) is 0 Å². The molecule has 0 spiro atoms. The van der Waals surface area contributed by atoms with E-state index in [0.29, 0.717) is 48.7 Å². The molecule has 2 atom stereocenters. The van der Waals surface area contributed by atoms with E-state index >= 15 is 0 Å². The number of amides is 1. The van der Waals surface area contributed by atoms with E-state index in [2.05, 4.69) is 20.2 Å². The Hall–Kier alpha value is -3.20. The Morgan fingerprint density at radius 2 is 1.87 bits per heavy atom. The summed E-state index contributed by atoms with van der Waals surface area (Å²) in [7, 11) is 0. The van der Waals surface area contributed by atoms with Crippen LogP contribution in [0.4, 0.5) is 5.95 Å². The zero-order chi connectivity index (χ0) is 21.8. The van der Waals surface area contributed by atoms with Crippen molar-refractivity contribution in [3.05, 3.63) is 53.3 Å². The van der Waals surface area contributed by atoms with Gasteiger partial charge in [0.05, 0.1) is 6.61 Å². The van der Waals surface area contributed by atoms with Crippen molar-refractivity contribution in [1.29, 1.82) is 0 Å². The molecule has 0 unspecified atom stereocenters. The molecule has 1 saturated heterocycles. The molecule has 9 nitrogen and oxygen atoms in total. The van der Waals surface area contributed by atoms with Gasteiger partial charge in [-0.15, -0.1) is 0 Å². The summed E-state index contributed by atoms with van der Waals surface area (Å²) in [4.78, 5) is 42.9. The normalized spacial score (nSPS) is 21.4. The molecule has 0 radical (unpaired) electrons. The highest BCUT2D eigenvalue weighted by Crippen LogP contribution is 2.32. The molecule has 2 aliphatic heterocycles. The van der Waals surface area contributed by atoms with E-state index in [1.807, 2.05) is 11.0 Å². The third kappa shape index (κ3) is 4.61. The van der Waals surface area contributed by atoms with Crippen LogP contribution in [0.25, 0.3) is 0 Å². The van der Waals surface area contributed by atoms with Gasteiger partial charge in [0.25, 0.3) is 0 Å². The molecule has 1 amide bonds. The van der Waals surface area contributed by atoms with Crippen molar-refractivity contribution >= 4 is 35.4 Å². The van der Waals surface area contributed by atoms with Gasteiger partial charge in [0, 0.05) is 43.6 Å². The lowest BCUT2D eigenvalue weighted by Crippen LogP contribution is -2.57. The number of hydrogen-bond acceptors (Lipinski definition) is 8. The van der Waals surface area contributed by atoms with Crippen LogP contribution < -0.4 is 10.2 Å². The molecule has 1 aromatic carbocycles. The topological polar surface area (TPSA) is 100 Å². The van der Waals surface area contributed by atoms with E-state index in [9.17, 15) is 9.59 Å². The van der Waals surface area contributed by atoms with Crippen molar-refractivity contribution in [1.82, 2.24) is 20.2 Å². The number of carbonyl (C=O) groups is 2. The van der Waals surface area contributed by atoms with Crippen LogP contribution in [0.3, 0.4) is 0 Å². The summed E-state index contributed by atoms with van der Waals surface area (Å²) in [5, 5.41) is 3.31. The summed E-state index contributed by atoms with van der Waals surface area (Å²) in [6.45, 7) is 4.51. The standard InChI is InChI=1S/C21H23ClN6O3/c1-2-31-19(30)16-17(14-5-3-6-15(22)13-14)25-21(26-18(16)29)28-11-9-27(10-12-28)20-23-7-4-8-24-20/h3-8,13,16-17H,2,9-12H2,1H3,(H,25,26,29)/t16-,17+/m1/s1. The molecule has 10 heteroatoms. The molecule has 1 N–H and O–H groups in total. The average molecular weight is 443 g/mol. The Morgan fingerprint density at radius 1 is 1.16 bits per heavy atom. The van der Waals surface area contributed by atoms with Crippen molar-refractivity contribution in [3.63, 3.8) is 0 Å². The Bertz CT molecular complexity index is 978. The number of ether oxygens (including phenoxy) is 1. The number of esters is 1. The maximum Gasteiger partial charge on any atom is 0.321 e. The number of carbonyl (C=O) groups excluding carboxylic acids is 2. The van der Waals surface area contributed by atoms with Crippen molar-refractivity contribution in [3.8, 4) is 0 Å². The minimum Gasteiger partial charge on any atom is -0.465 e. The fourth-order valence-corrected chi connectivity index (χ4v) is 3.93. The zero-order valence-electron chi connectivity index (χ0n) is 17.1. The predicted octanol–water partition coefficient (Wildman–Crippen LogP) is 1.66. The molecule has 0 aliphatic carbocycles. The molecule has 31 heavy (non-hydrogen) atoms. The van der Waals surface area contributed by atoms with Gasteiger partial charge in [-0.1, -0.05) is 23.7 Å². The zero-order valence-corrected chi connectivity index (χ0v) is 17.8. The third-order valence-electron chi connectivity index (χ3n) is 5.24. The molecule has 2 aliphatic rings. The SMILES string of the molecule is CCOC(=O)[C@H]1C(=O)NC(N2CCN(c3ncccn3)CC2)=N[C@H]1c1cccc(Cl)c1. The molecular weight excluding hydrogens is 420 g/mol. The largest absolute Gasteiger partial charge is 0.465 e. The first-order valence-corrected chi connectivity index (χ1v) is 10.5. The van der Waals surface area contributed by atoms with Crippen molar-refractivity contribution in [2.75, 3.05) is 37.7 Å². The van der Waals surface area contributed by atoms with Crippen LogP contribution in [0, 0.1) is 5.92 Å². The minimum atomic E-state index is -1.07. The quantitative estimate of drug-likeness (QED) is 0.567. The Balaban J connectivity index is 1.57. The van der Waals surface area contributed by atoms with E-state index in [4.69, 9.17) is 21.3 Å². The van der Waals surface area contributed by atoms with Gasteiger partial charge < -0.3 is 14.5 Å². The molecule has 162 valence electrons. The van der Waals surface area contributed by atoms with Gasteiger partial charge in [-0.3, -0.25) is 14.9 Å². The van der Waals surface area contributed by atoms with Crippen LogP contribution in [0.1, 0.15) is 18.5 Å². The van der Waals surface area contributed by atoms with E-state index in [-0.39, 0.29) is 6.61 Å². The van der Waals surface area contributed by atoms with Gasteiger partial charge in [0.1, 0.15) is 6.04 Å². The second-order valence-electron chi connectivity index (χ2n) is 7.19. The molecule has 1 fully saturated rings. The number of aliphatic imine (C=N–C) groups is 1. The molecule has 4 rings (SSSR count). The van der Waals surface area contributed by atoms with E-state index in [1.165, 1.54) is 0 Å². The maximum atomic E-state index is 12.9. The Kier molecular flexibility index (Phi) is 6.31. The monoisotopic (exact) mass is 442 g/mol. The van der Waals surface area contributed by atoms with Crippen LogP contribution in [0.2, 0.25) is 5.02 Å². The number of hydrogen-bond donors (Lipinski definition) is 1. The van der Waals surface area contributed by atoms with Gasteiger partial charge in [0.2, 0.25) is 17.8 Å². The fourth-order valence-electron chi connectivity index (χ4n) is 3.73. The highest BCUT2D eigenvalue weighted by atomic mass is 35.5. The first kappa shape index (κ1) is 21.0. The lowest BCUT2D eigenvalue weighted by atomic mass is 9.91. The number of nitrogens with zero attached hydrogens (tertiary/aromatic N) is 5. The molecular formula is C21H23ClN6O3. The van der Waals surface area contributed by atoms with Crippen molar-refractivity contribution in [2.24, 2.45) is 10.9 Å². The maximum absolute atomic E-state index is 12.9. The first-order chi connectivity index (χ1) is 15.1. The smallest absolute Gasteiger partial charge is 0.321 e. The van der Waals surface area contributed by atoms with Gasteiger partial charge in [-0.05, 0) is 30.7 Å². The average Bonchev–Trinajstić information content (AvgIpc) is 2.79. The lowest BCUT2D eigenvalue weighted by Gasteiger charge is -2.38. The van der Waals surface area contributed by atoms with Crippen LogP contribution >= 0.6 is 11.6 Å². The van der Waals surface area contributed by atoms with Crippen LogP contribution in [-0.4, -0.2) is 65.5 Å². The highest BCUT2D eigenvalue weighted by Gasteiger charge is 2.42. The second kappa shape index (κ2) is 9.30. The van der Waals surface area contributed by atoms with Gasteiger partial charge in [-0.25, -0.2) is 15.0 Å². The number of rotatable bonds is 4. The Morgan fingerprint density at radius 3 is 2.55 bits per heavy atom. The fraction of sp³-hybridized carbons (Fsp3) is 0.381. The van der Waals surface area contributed by atoms with E-state index in [0.717, 1.165) is 0 Å². The van der Waals surface area contributed by atoms with E-state index in [1.54, 1.807) is 43.6 Å². The predicted molar refractivity (Wildman–Crippen MR) is 116 cm³/mol. The molecule has 1 aromatic heterocycles. The third-order valence-corrected chi connectivity index (χ3v) is 5.47. The number of anilines is 1. The molecule has 3 heterocycles. The minimum absolute atomic E-state index is 0.185. The number of halogens is 1. The first-order valence-electron chi connectivity index (χ1n) is 10.1. The van der Waals surface area contributed by atoms with E-state index < -0.39 is 23.8 Å². The van der Waals surface area contributed by atoms with Gasteiger partial charge >= 0.3 is 5.97 Å². The molecule has 0 bridgehead atoms. The molecule has 2 aromatic rings. The van der Waals surface area contributed by atoms with Crippen molar-refractivity contribution in [2.45, 2.75) is 13.0 Å². The van der Waals surface area contributed by atoms with Crippen molar-refractivity contribution < 1.29 is 14.3 Å². The number of piperazine rings is 1. The summed E-state index contributed by atoms with van der Waals surface area (Å²) in [6, 6.07) is 8.12. The van der Waals surface area contributed by atoms with Crippen LogP contribution in [-0.2, 0) is 14.3 Å². The number of nitrogens with one attached hydrogen (secondary N) is 1. The summed E-state index contributed by atoms with van der Waals surface area (Å²) in [5.74, 6) is -0.970. The second-order valence-corrected chi connectivity index (χ2v) is 7.63. The lowest BCUT2D eigenvalue weighted by molar-refractivity contribution is -0.153. The number of benzene rings is 1. The number of aromatic nitrogens is 2. The Labute approximate surface area is 185 Å². The number of guanidine groups is 1. The summed E-state index contributed by atoms with van der Waals surface area (Å²) >= 11 is 6.16. The molecule has 0 saturated carbocycles. The summed E-state index contributed by atoms with van der Waals surface area (Å²) in [5.41, 5.74) is 0.689. The summed E-state index contributed by atoms with van der Waals surface area (Å²) in [6.07, 6.45) is 3.43. The highest BCUT2D eigenvalue weighted by molar-refractivity contribution is 6.30. The van der Waals surface area contributed by atoms with Gasteiger partial charge in [-0.2, -0.15) is 0 Å². The van der Waals surface area contributed by atoms with Crippen LogP contribution in [0.15, 0.2) is 47.7 Å².